The maximum absolute atomic E-state index is 12.0. The van der Waals surface area contributed by atoms with E-state index in [-0.39, 0.29) is 37.1 Å². The Hall–Kier alpha value is -2.91. The van der Waals surface area contributed by atoms with Gasteiger partial charge in [-0.05, 0) is 52.9 Å². The molecule has 0 aromatic rings. The molecule has 0 aliphatic carbocycles. The van der Waals surface area contributed by atoms with E-state index in [0.29, 0.717) is 32.2 Å². The number of rotatable bonds is 12. The molecule has 0 saturated heterocycles. The van der Waals surface area contributed by atoms with Crippen molar-refractivity contribution in [2.45, 2.75) is 70.9 Å². The lowest BCUT2D eigenvalue weighted by Gasteiger charge is -2.19. The van der Waals surface area contributed by atoms with E-state index in [1.807, 2.05) is 0 Å². The Balaban J connectivity index is 2.20. The SMILES string of the molecule is CC(C)(C)OC(=O)NCCCCC(=O)N[C@@H](CCCCN1C(=O)C=CC1=O)C(=O)O. The molecule has 0 aromatic carbocycles. The number of carbonyl (C=O) groups excluding carboxylic acids is 4. The highest BCUT2D eigenvalue weighted by atomic mass is 16.6. The number of carboxylic acid groups (broad SMARTS) is 1. The Kier molecular flexibility index (Phi) is 10.00. The summed E-state index contributed by atoms with van der Waals surface area (Å²) in [6.07, 6.45) is 4.15. The number of ether oxygens (including phenoxy) is 1. The first-order valence-corrected chi connectivity index (χ1v) is 10.0. The van der Waals surface area contributed by atoms with Gasteiger partial charge in [0.25, 0.3) is 11.8 Å². The first-order chi connectivity index (χ1) is 14.0. The molecule has 0 radical (unpaired) electrons. The fourth-order valence-electron chi connectivity index (χ4n) is 2.71. The van der Waals surface area contributed by atoms with Gasteiger partial charge in [-0.1, -0.05) is 0 Å². The van der Waals surface area contributed by atoms with Gasteiger partial charge in [0.1, 0.15) is 11.6 Å². The van der Waals surface area contributed by atoms with E-state index in [1.54, 1.807) is 20.8 Å². The molecular weight excluding hydrogens is 394 g/mol. The average Bonchev–Trinajstić information content (AvgIpc) is 2.93. The number of alkyl carbamates (subject to hydrolysis) is 1. The monoisotopic (exact) mass is 425 g/mol. The van der Waals surface area contributed by atoms with Crippen LogP contribution in [0.1, 0.15) is 59.3 Å². The van der Waals surface area contributed by atoms with Gasteiger partial charge in [0.05, 0.1) is 0 Å². The van der Waals surface area contributed by atoms with Crippen molar-refractivity contribution in [2.24, 2.45) is 0 Å². The molecule has 0 aromatic heterocycles. The topological polar surface area (TPSA) is 142 Å². The van der Waals surface area contributed by atoms with Crippen LogP contribution < -0.4 is 10.6 Å². The van der Waals surface area contributed by atoms with Gasteiger partial charge >= 0.3 is 12.1 Å². The van der Waals surface area contributed by atoms with Crippen LogP contribution in [0.3, 0.4) is 0 Å². The predicted octanol–water partition coefficient (Wildman–Crippen LogP) is 1.35. The maximum Gasteiger partial charge on any atom is 0.407 e. The molecule has 10 nitrogen and oxygen atoms in total. The van der Waals surface area contributed by atoms with Crippen molar-refractivity contribution in [3.63, 3.8) is 0 Å². The van der Waals surface area contributed by atoms with Gasteiger partial charge in [0.2, 0.25) is 5.91 Å². The summed E-state index contributed by atoms with van der Waals surface area (Å²) in [4.78, 5) is 58.8. The quantitative estimate of drug-likeness (QED) is 0.316. The summed E-state index contributed by atoms with van der Waals surface area (Å²) in [6, 6.07) is -1.03. The molecule has 0 unspecified atom stereocenters. The Labute approximate surface area is 176 Å². The lowest BCUT2D eigenvalue weighted by atomic mass is 10.1. The second kappa shape index (κ2) is 11.9. The lowest BCUT2D eigenvalue weighted by molar-refractivity contribution is -0.142. The number of hydrogen-bond acceptors (Lipinski definition) is 6. The highest BCUT2D eigenvalue weighted by Gasteiger charge is 2.23. The molecule has 1 heterocycles. The molecule has 30 heavy (non-hydrogen) atoms. The van der Waals surface area contributed by atoms with Crippen LogP contribution in [0.15, 0.2) is 12.2 Å². The smallest absolute Gasteiger partial charge is 0.407 e. The van der Waals surface area contributed by atoms with Gasteiger partial charge in [-0.25, -0.2) is 9.59 Å². The van der Waals surface area contributed by atoms with Crippen LogP contribution >= 0.6 is 0 Å². The fourth-order valence-corrected chi connectivity index (χ4v) is 2.71. The maximum atomic E-state index is 12.0. The third-order valence-corrected chi connectivity index (χ3v) is 4.16. The van der Waals surface area contributed by atoms with Crippen molar-refractivity contribution in [2.75, 3.05) is 13.1 Å². The third kappa shape index (κ3) is 10.0. The van der Waals surface area contributed by atoms with Crippen LogP contribution in [0.4, 0.5) is 4.79 Å². The summed E-state index contributed by atoms with van der Waals surface area (Å²) in [5, 5.41) is 14.4. The molecule has 1 aliphatic heterocycles. The number of nitrogens with one attached hydrogen (secondary N) is 2. The van der Waals surface area contributed by atoms with E-state index >= 15 is 0 Å². The van der Waals surface area contributed by atoms with Crippen LogP contribution in [-0.4, -0.2) is 64.5 Å². The fraction of sp³-hybridized carbons (Fsp3) is 0.650. The molecule has 4 amide bonds. The third-order valence-electron chi connectivity index (χ3n) is 4.16. The van der Waals surface area contributed by atoms with Gasteiger partial charge in [0, 0.05) is 31.7 Å². The van der Waals surface area contributed by atoms with Crippen molar-refractivity contribution in [1.82, 2.24) is 15.5 Å². The summed E-state index contributed by atoms with van der Waals surface area (Å²) in [6.45, 7) is 5.86. The zero-order valence-corrected chi connectivity index (χ0v) is 17.7. The standard InChI is InChI=1S/C20H31N3O7/c1-20(2,3)30-19(29)21-12-6-4-9-15(24)22-14(18(27)28)8-5-7-13-23-16(25)10-11-17(23)26/h10-11,14H,4-9,12-13H2,1-3H3,(H,21,29)(H,22,24)(H,27,28)/t14-/m0/s1. The minimum absolute atomic E-state index is 0.141. The number of carbonyl (C=O) groups is 5. The van der Waals surface area contributed by atoms with E-state index in [4.69, 9.17) is 4.74 Å². The van der Waals surface area contributed by atoms with E-state index in [1.165, 1.54) is 12.2 Å². The van der Waals surface area contributed by atoms with E-state index in [0.717, 1.165) is 4.90 Å². The molecule has 0 bridgehead atoms. The van der Waals surface area contributed by atoms with Gasteiger partial charge in [-0.2, -0.15) is 0 Å². The van der Waals surface area contributed by atoms with Crippen molar-refractivity contribution in [3.05, 3.63) is 12.2 Å². The number of imide groups is 1. The van der Waals surface area contributed by atoms with E-state index in [2.05, 4.69) is 10.6 Å². The van der Waals surface area contributed by atoms with Crippen molar-refractivity contribution in [3.8, 4) is 0 Å². The van der Waals surface area contributed by atoms with Crippen LogP contribution in [0.2, 0.25) is 0 Å². The number of unbranched alkanes of at least 4 members (excludes halogenated alkanes) is 2. The average molecular weight is 425 g/mol. The number of amides is 4. The van der Waals surface area contributed by atoms with Crippen molar-refractivity contribution < 1.29 is 33.8 Å². The Morgan fingerprint density at radius 3 is 2.27 bits per heavy atom. The summed E-state index contributed by atoms with van der Waals surface area (Å²) < 4.78 is 5.10. The molecule has 168 valence electrons. The van der Waals surface area contributed by atoms with Gasteiger partial charge in [-0.3, -0.25) is 19.3 Å². The number of hydrogen-bond donors (Lipinski definition) is 3. The Morgan fingerprint density at radius 2 is 1.70 bits per heavy atom. The summed E-state index contributed by atoms with van der Waals surface area (Å²) in [5.41, 5.74) is -0.577. The second-order valence-electron chi connectivity index (χ2n) is 8.00. The van der Waals surface area contributed by atoms with Crippen LogP contribution in [0, 0.1) is 0 Å². The molecule has 3 N–H and O–H groups in total. The van der Waals surface area contributed by atoms with Crippen LogP contribution in [0.25, 0.3) is 0 Å². The number of carboxylic acids is 1. The van der Waals surface area contributed by atoms with Gasteiger partial charge in [0.15, 0.2) is 0 Å². The Morgan fingerprint density at radius 1 is 1.07 bits per heavy atom. The van der Waals surface area contributed by atoms with Crippen LogP contribution in [-0.2, 0) is 23.9 Å². The highest BCUT2D eigenvalue weighted by molar-refractivity contribution is 6.12. The van der Waals surface area contributed by atoms with E-state index < -0.39 is 23.7 Å². The van der Waals surface area contributed by atoms with Crippen molar-refractivity contribution >= 4 is 29.8 Å². The molecule has 10 heteroatoms. The van der Waals surface area contributed by atoms with Gasteiger partial charge < -0.3 is 20.5 Å². The molecule has 1 rings (SSSR count). The first kappa shape index (κ1) is 25.1. The summed E-state index contributed by atoms with van der Waals surface area (Å²) in [5.74, 6) is -2.26. The lowest BCUT2D eigenvalue weighted by Crippen LogP contribution is -2.41. The molecule has 0 saturated carbocycles. The zero-order valence-electron chi connectivity index (χ0n) is 17.7. The molecular formula is C20H31N3O7. The zero-order chi connectivity index (χ0) is 22.7. The minimum atomic E-state index is -1.13. The number of aliphatic carboxylic acids is 1. The molecule has 1 aliphatic rings. The summed E-state index contributed by atoms with van der Waals surface area (Å²) >= 11 is 0. The van der Waals surface area contributed by atoms with Gasteiger partial charge in [-0.15, -0.1) is 0 Å². The van der Waals surface area contributed by atoms with E-state index in [9.17, 15) is 29.1 Å². The Bertz CT molecular complexity index is 664. The molecule has 0 fully saturated rings. The first-order valence-electron chi connectivity index (χ1n) is 10.0. The number of nitrogens with zero attached hydrogens (tertiary/aromatic N) is 1. The largest absolute Gasteiger partial charge is 0.480 e. The second-order valence-corrected chi connectivity index (χ2v) is 8.00. The molecule has 1 atom stereocenters. The molecule has 0 spiro atoms. The predicted molar refractivity (Wildman–Crippen MR) is 107 cm³/mol. The highest BCUT2D eigenvalue weighted by Crippen LogP contribution is 2.09. The normalized spacial score (nSPS) is 14.6. The van der Waals surface area contributed by atoms with Crippen molar-refractivity contribution in [1.29, 1.82) is 0 Å². The van der Waals surface area contributed by atoms with Crippen LogP contribution in [0.5, 0.6) is 0 Å². The minimum Gasteiger partial charge on any atom is -0.480 e. The summed E-state index contributed by atoms with van der Waals surface area (Å²) in [7, 11) is 0.